The second-order valence-corrected chi connectivity index (χ2v) is 7.23. The molecule has 0 aromatic heterocycles. The van der Waals surface area contributed by atoms with Crippen molar-refractivity contribution in [2.75, 3.05) is 6.26 Å². The maximum Gasteiger partial charge on any atom is 0.241 e. The summed E-state index contributed by atoms with van der Waals surface area (Å²) in [4.78, 5) is 14.6. The highest BCUT2D eigenvalue weighted by atomic mass is 32.2. The number of carbonyl (C=O) groups excluding carboxylic acids is 1. The molecule has 18 heavy (non-hydrogen) atoms. The Balaban J connectivity index is 1.99. The quantitative estimate of drug-likeness (QED) is 0.852. The van der Waals surface area contributed by atoms with E-state index in [-0.39, 0.29) is 12.2 Å². The fourth-order valence-corrected chi connectivity index (χ4v) is 4.12. The lowest BCUT2D eigenvalue weighted by Crippen LogP contribution is -2.42. The molecule has 0 spiro atoms. The number of hydrogen-bond acceptors (Lipinski definition) is 3. The third kappa shape index (κ3) is 2.85. The number of nitrogens with one attached hydrogen (secondary N) is 1. The SMILES string of the molecule is CSC1CCC(N2C(=O)C(CC(C)C)NC2C)C1. The van der Waals surface area contributed by atoms with Crippen LogP contribution in [0.2, 0.25) is 0 Å². The van der Waals surface area contributed by atoms with Crippen molar-refractivity contribution >= 4 is 17.7 Å². The number of nitrogens with zero attached hydrogens (tertiary/aromatic N) is 1. The minimum Gasteiger partial charge on any atom is -0.323 e. The van der Waals surface area contributed by atoms with Crippen LogP contribution in [0.5, 0.6) is 0 Å². The average Bonchev–Trinajstić information content (AvgIpc) is 2.84. The van der Waals surface area contributed by atoms with Gasteiger partial charge in [0, 0.05) is 11.3 Å². The Bertz CT molecular complexity index is 308. The third-order valence-electron chi connectivity index (χ3n) is 4.20. The molecule has 1 saturated heterocycles. The van der Waals surface area contributed by atoms with Gasteiger partial charge in [0.15, 0.2) is 0 Å². The predicted molar refractivity (Wildman–Crippen MR) is 77.6 cm³/mol. The van der Waals surface area contributed by atoms with Gasteiger partial charge in [-0.25, -0.2) is 0 Å². The first-order valence-corrected chi connectivity index (χ1v) is 8.42. The summed E-state index contributed by atoms with van der Waals surface area (Å²) in [6.45, 7) is 6.49. The van der Waals surface area contributed by atoms with Crippen LogP contribution in [-0.4, -0.2) is 40.6 Å². The van der Waals surface area contributed by atoms with Crippen molar-refractivity contribution in [2.45, 2.75) is 70.0 Å². The molecule has 1 aliphatic heterocycles. The van der Waals surface area contributed by atoms with Gasteiger partial charge in [-0.15, -0.1) is 0 Å². The highest BCUT2D eigenvalue weighted by molar-refractivity contribution is 7.99. The van der Waals surface area contributed by atoms with Crippen molar-refractivity contribution < 1.29 is 4.79 Å². The monoisotopic (exact) mass is 270 g/mol. The topological polar surface area (TPSA) is 32.3 Å². The molecule has 2 rings (SSSR count). The summed E-state index contributed by atoms with van der Waals surface area (Å²) in [5, 5.41) is 4.21. The van der Waals surface area contributed by atoms with Crippen LogP contribution in [0.1, 0.15) is 46.5 Å². The Morgan fingerprint density at radius 3 is 2.72 bits per heavy atom. The molecule has 0 aromatic rings. The lowest BCUT2D eigenvalue weighted by atomic mass is 10.0. The molecule has 4 heteroatoms. The largest absolute Gasteiger partial charge is 0.323 e. The van der Waals surface area contributed by atoms with Gasteiger partial charge in [0.25, 0.3) is 0 Å². The van der Waals surface area contributed by atoms with Crippen molar-refractivity contribution in [1.82, 2.24) is 10.2 Å². The first kappa shape index (κ1) is 14.2. The summed E-state index contributed by atoms with van der Waals surface area (Å²) in [6.07, 6.45) is 6.97. The van der Waals surface area contributed by atoms with Crippen LogP contribution in [0.15, 0.2) is 0 Å². The van der Waals surface area contributed by atoms with Gasteiger partial charge in [0.05, 0.1) is 12.2 Å². The van der Waals surface area contributed by atoms with Crippen LogP contribution in [-0.2, 0) is 4.79 Å². The summed E-state index contributed by atoms with van der Waals surface area (Å²) < 4.78 is 0. The van der Waals surface area contributed by atoms with Gasteiger partial charge >= 0.3 is 0 Å². The highest BCUT2D eigenvalue weighted by Crippen LogP contribution is 2.34. The highest BCUT2D eigenvalue weighted by Gasteiger charge is 2.42. The smallest absolute Gasteiger partial charge is 0.241 e. The summed E-state index contributed by atoms with van der Waals surface area (Å²) in [6, 6.07) is 0.517. The molecule has 2 aliphatic rings. The van der Waals surface area contributed by atoms with E-state index >= 15 is 0 Å². The Hall–Kier alpha value is -0.220. The van der Waals surface area contributed by atoms with E-state index in [1.54, 1.807) is 0 Å². The van der Waals surface area contributed by atoms with Gasteiger partial charge in [-0.1, -0.05) is 13.8 Å². The minimum atomic E-state index is 0.0494. The zero-order valence-corrected chi connectivity index (χ0v) is 12.8. The van der Waals surface area contributed by atoms with E-state index in [9.17, 15) is 4.79 Å². The van der Waals surface area contributed by atoms with Crippen LogP contribution in [0.3, 0.4) is 0 Å². The molecule has 1 amide bonds. The average molecular weight is 270 g/mol. The van der Waals surface area contributed by atoms with E-state index in [4.69, 9.17) is 0 Å². The standard InChI is InChI=1S/C14H26N2OS/c1-9(2)7-13-14(17)16(10(3)15-13)11-5-6-12(8-11)18-4/h9-13,15H,5-8H2,1-4H3. The maximum atomic E-state index is 12.5. The molecule has 1 saturated carbocycles. The van der Waals surface area contributed by atoms with Gasteiger partial charge in [-0.3, -0.25) is 10.1 Å². The van der Waals surface area contributed by atoms with E-state index in [2.05, 4.69) is 37.2 Å². The van der Waals surface area contributed by atoms with Crippen LogP contribution in [0.25, 0.3) is 0 Å². The molecule has 1 aliphatic carbocycles. The Morgan fingerprint density at radius 1 is 1.44 bits per heavy atom. The zero-order valence-electron chi connectivity index (χ0n) is 12.0. The van der Waals surface area contributed by atoms with E-state index < -0.39 is 0 Å². The Morgan fingerprint density at radius 2 is 2.17 bits per heavy atom. The molecular weight excluding hydrogens is 244 g/mol. The van der Waals surface area contributed by atoms with E-state index in [0.717, 1.165) is 11.7 Å². The number of thioether (sulfide) groups is 1. The van der Waals surface area contributed by atoms with Gasteiger partial charge < -0.3 is 4.90 Å². The van der Waals surface area contributed by atoms with Crippen LogP contribution >= 0.6 is 11.8 Å². The molecule has 4 unspecified atom stereocenters. The fraction of sp³-hybridized carbons (Fsp3) is 0.929. The first-order valence-electron chi connectivity index (χ1n) is 7.14. The van der Waals surface area contributed by atoms with E-state index in [0.29, 0.717) is 17.9 Å². The van der Waals surface area contributed by atoms with Gasteiger partial charge in [-0.05, 0) is 44.8 Å². The molecule has 1 N–H and O–H groups in total. The van der Waals surface area contributed by atoms with Crippen LogP contribution in [0, 0.1) is 5.92 Å². The molecule has 0 radical (unpaired) electrons. The van der Waals surface area contributed by atoms with Crippen molar-refractivity contribution in [1.29, 1.82) is 0 Å². The van der Waals surface area contributed by atoms with Gasteiger partial charge in [-0.2, -0.15) is 11.8 Å². The molecule has 104 valence electrons. The van der Waals surface area contributed by atoms with Crippen molar-refractivity contribution in [2.24, 2.45) is 5.92 Å². The second kappa shape index (κ2) is 5.83. The zero-order chi connectivity index (χ0) is 13.3. The number of carbonyl (C=O) groups is 1. The van der Waals surface area contributed by atoms with Crippen molar-refractivity contribution in [3.8, 4) is 0 Å². The number of amides is 1. The summed E-state index contributed by atoms with van der Waals surface area (Å²) in [5.74, 6) is 0.907. The number of rotatable bonds is 4. The molecular formula is C14H26N2OS. The molecule has 2 fully saturated rings. The predicted octanol–water partition coefficient (Wildman–Crippen LogP) is 2.46. The van der Waals surface area contributed by atoms with Gasteiger partial charge in [0.1, 0.15) is 0 Å². The summed E-state index contributed by atoms with van der Waals surface area (Å²) >= 11 is 1.95. The van der Waals surface area contributed by atoms with Crippen LogP contribution < -0.4 is 5.32 Å². The summed E-state index contributed by atoms with van der Waals surface area (Å²) in [5.41, 5.74) is 0. The van der Waals surface area contributed by atoms with Gasteiger partial charge in [0.2, 0.25) is 5.91 Å². The third-order valence-corrected chi connectivity index (χ3v) is 5.30. The molecule has 0 aromatic carbocycles. The van der Waals surface area contributed by atoms with Crippen LogP contribution in [0.4, 0.5) is 0 Å². The number of hydrogen-bond donors (Lipinski definition) is 1. The van der Waals surface area contributed by atoms with Crippen molar-refractivity contribution in [3.05, 3.63) is 0 Å². The Kier molecular flexibility index (Phi) is 4.59. The lowest BCUT2D eigenvalue weighted by molar-refractivity contribution is -0.132. The Labute approximate surface area is 115 Å². The fourth-order valence-electron chi connectivity index (χ4n) is 3.33. The van der Waals surface area contributed by atoms with E-state index in [1.165, 1.54) is 19.3 Å². The normalized spacial score (nSPS) is 36.9. The minimum absolute atomic E-state index is 0.0494. The molecule has 0 bridgehead atoms. The van der Waals surface area contributed by atoms with Crippen molar-refractivity contribution in [3.63, 3.8) is 0 Å². The molecule has 4 atom stereocenters. The first-order chi connectivity index (χ1) is 8.52. The van der Waals surface area contributed by atoms with E-state index in [1.807, 2.05) is 11.8 Å². The maximum absolute atomic E-state index is 12.5. The molecule has 3 nitrogen and oxygen atoms in total. The second-order valence-electron chi connectivity index (χ2n) is 6.09. The molecule has 1 heterocycles. The summed E-state index contributed by atoms with van der Waals surface area (Å²) in [7, 11) is 0. The lowest BCUT2D eigenvalue weighted by Gasteiger charge is -2.28.